The van der Waals surface area contributed by atoms with Crippen molar-refractivity contribution in [2.45, 2.75) is 20.3 Å². The van der Waals surface area contributed by atoms with Gasteiger partial charge in [-0.25, -0.2) is 0 Å². The second-order valence-electron chi connectivity index (χ2n) is 3.69. The highest BCUT2D eigenvalue weighted by Crippen LogP contribution is 2.16. The number of H-pyrrole nitrogens is 1. The summed E-state index contributed by atoms with van der Waals surface area (Å²) in [5.74, 6) is 0.656. The number of aromatic nitrogens is 1. The Morgan fingerprint density at radius 1 is 1.65 bits per heavy atom. The third kappa shape index (κ3) is 4.18. The van der Waals surface area contributed by atoms with E-state index in [0.29, 0.717) is 18.8 Å². The molecule has 1 aromatic rings. The Hall–Kier alpha value is -1.97. The van der Waals surface area contributed by atoms with E-state index in [1.54, 1.807) is 6.08 Å². The number of nitrogens with two attached hydrogens (primary N) is 1. The Balaban J connectivity index is 2.76. The van der Waals surface area contributed by atoms with E-state index in [-0.39, 0.29) is 0 Å². The summed E-state index contributed by atoms with van der Waals surface area (Å²) >= 11 is 0. The highest BCUT2D eigenvalue weighted by atomic mass is 16.6. The Labute approximate surface area is 102 Å². The van der Waals surface area contributed by atoms with Crippen LogP contribution in [-0.4, -0.2) is 17.3 Å². The van der Waals surface area contributed by atoms with Crippen LogP contribution in [-0.2, 0) is 4.84 Å². The molecule has 0 bridgehead atoms. The zero-order valence-electron chi connectivity index (χ0n) is 10.4. The van der Waals surface area contributed by atoms with Gasteiger partial charge in [-0.3, -0.25) is 0 Å². The molecule has 0 aromatic carbocycles. The summed E-state index contributed by atoms with van der Waals surface area (Å²) in [6.07, 6.45) is 6.30. The summed E-state index contributed by atoms with van der Waals surface area (Å²) < 4.78 is 0. The Bertz CT molecular complexity index is 430. The average Bonchev–Trinajstić information content (AvgIpc) is 2.71. The second-order valence-corrected chi connectivity index (χ2v) is 3.69. The molecule has 0 radical (unpaired) electrons. The maximum atomic E-state index is 5.77. The number of nitrogen functional groups attached to an aromatic ring is 1. The molecular formula is C13H19N3O. The van der Waals surface area contributed by atoms with E-state index >= 15 is 0 Å². The summed E-state index contributed by atoms with van der Waals surface area (Å²) in [4.78, 5) is 7.92. The molecule has 0 aliphatic heterocycles. The third-order valence-corrected chi connectivity index (χ3v) is 2.23. The van der Waals surface area contributed by atoms with Gasteiger partial charge in [-0.1, -0.05) is 17.8 Å². The van der Waals surface area contributed by atoms with E-state index in [1.165, 1.54) is 0 Å². The first-order valence-corrected chi connectivity index (χ1v) is 5.58. The normalized spacial score (nSPS) is 12.6. The summed E-state index contributed by atoms with van der Waals surface area (Å²) in [7, 11) is 0. The van der Waals surface area contributed by atoms with Crippen LogP contribution in [0.2, 0.25) is 0 Å². The molecule has 0 spiro atoms. The van der Waals surface area contributed by atoms with E-state index in [2.05, 4.69) is 16.7 Å². The lowest BCUT2D eigenvalue weighted by atomic mass is 10.1. The van der Waals surface area contributed by atoms with Crippen molar-refractivity contribution in [3.8, 4) is 0 Å². The van der Waals surface area contributed by atoms with Gasteiger partial charge in [-0.15, -0.1) is 0 Å². The van der Waals surface area contributed by atoms with Crippen molar-refractivity contribution in [3.05, 3.63) is 36.1 Å². The molecule has 17 heavy (non-hydrogen) atoms. The smallest absolute Gasteiger partial charge is 0.114 e. The first kappa shape index (κ1) is 13.1. The highest BCUT2D eigenvalue weighted by Gasteiger charge is 2.00. The topological polar surface area (TPSA) is 63.4 Å². The molecule has 0 saturated carbocycles. The van der Waals surface area contributed by atoms with Gasteiger partial charge in [0.1, 0.15) is 12.4 Å². The molecule has 0 unspecified atom stereocenters. The zero-order valence-corrected chi connectivity index (χ0v) is 10.4. The molecular weight excluding hydrogens is 214 g/mol. The van der Waals surface area contributed by atoms with Crippen molar-refractivity contribution in [2.24, 2.45) is 5.16 Å². The quantitative estimate of drug-likeness (QED) is 0.450. The molecule has 0 aliphatic carbocycles. The Kier molecular flexibility index (Phi) is 5.07. The first-order valence-electron chi connectivity index (χ1n) is 5.58. The van der Waals surface area contributed by atoms with Gasteiger partial charge in [0.2, 0.25) is 0 Å². The first-order chi connectivity index (χ1) is 8.17. The summed E-state index contributed by atoms with van der Waals surface area (Å²) in [6, 6.07) is 1.92. The average molecular weight is 233 g/mol. The van der Waals surface area contributed by atoms with Crippen LogP contribution in [0.25, 0.3) is 6.08 Å². The SMILES string of the molecule is C=C/C(=C\c1cc[nH]c1N)C/C(C)=N\OCC. The third-order valence-electron chi connectivity index (χ3n) is 2.23. The molecule has 1 rings (SSSR count). The number of anilines is 1. The lowest BCUT2D eigenvalue weighted by Crippen LogP contribution is -1.95. The summed E-state index contributed by atoms with van der Waals surface area (Å²) in [5.41, 5.74) is 8.69. The number of nitrogens with one attached hydrogen (secondary N) is 1. The van der Waals surface area contributed by atoms with Gasteiger partial charge in [-0.05, 0) is 31.6 Å². The van der Waals surface area contributed by atoms with Crippen molar-refractivity contribution in [1.82, 2.24) is 4.98 Å². The Morgan fingerprint density at radius 2 is 2.41 bits per heavy atom. The van der Waals surface area contributed by atoms with Gasteiger partial charge in [0.25, 0.3) is 0 Å². The molecule has 92 valence electrons. The maximum absolute atomic E-state index is 5.77. The summed E-state index contributed by atoms with van der Waals surface area (Å²) in [5, 5.41) is 3.97. The fourth-order valence-electron chi connectivity index (χ4n) is 1.40. The zero-order chi connectivity index (χ0) is 12.7. The Morgan fingerprint density at radius 3 is 2.94 bits per heavy atom. The van der Waals surface area contributed by atoms with Crippen molar-refractivity contribution < 1.29 is 4.84 Å². The van der Waals surface area contributed by atoms with Crippen molar-refractivity contribution in [1.29, 1.82) is 0 Å². The largest absolute Gasteiger partial charge is 0.396 e. The minimum atomic E-state index is 0.579. The second kappa shape index (κ2) is 6.58. The molecule has 3 N–H and O–H groups in total. The van der Waals surface area contributed by atoms with Gasteiger partial charge < -0.3 is 15.6 Å². The van der Waals surface area contributed by atoms with E-state index in [0.717, 1.165) is 16.8 Å². The van der Waals surface area contributed by atoms with Crippen LogP contribution >= 0.6 is 0 Å². The van der Waals surface area contributed by atoms with Gasteiger partial charge in [0.15, 0.2) is 0 Å². The molecule has 0 amide bonds. The predicted molar refractivity (Wildman–Crippen MR) is 72.7 cm³/mol. The number of nitrogens with zero attached hydrogens (tertiary/aromatic N) is 1. The molecule has 4 heteroatoms. The number of rotatable bonds is 6. The van der Waals surface area contributed by atoms with Crippen LogP contribution in [0.4, 0.5) is 5.82 Å². The predicted octanol–water partition coefficient (Wildman–Crippen LogP) is 2.97. The molecule has 1 heterocycles. The molecule has 0 aliphatic rings. The number of hydrogen-bond donors (Lipinski definition) is 2. The lowest BCUT2D eigenvalue weighted by Gasteiger charge is -2.02. The fraction of sp³-hybridized carbons (Fsp3) is 0.308. The van der Waals surface area contributed by atoms with Crippen molar-refractivity contribution in [2.75, 3.05) is 12.3 Å². The fourth-order valence-corrected chi connectivity index (χ4v) is 1.40. The van der Waals surface area contributed by atoms with Crippen molar-refractivity contribution in [3.63, 3.8) is 0 Å². The minimum absolute atomic E-state index is 0.579. The molecule has 0 fully saturated rings. The van der Waals surface area contributed by atoms with Gasteiger partial charge in [0, 0.05) is 18.2 Å². The molecule has 1 aromatic heterocycles. The van der Waals surface area contributed by atoms with Crippen LogP contribution in [0.3, 0.4) is 0 Å². The van der Waals surface area contributed by atoms with Gasteiger partial charge in [0.05, 0.1) is 5.71 Å². The van der Waals surface area contributed by atoms with E-state index in [9.17, 15) is 0 Å². The number of allylic oxidation sites excluding steroid dienone is 2. The van der Waals surface area contributed by atoms with Crippen LogP contribution in [0.5, 0.6) is 0 Å². The standard InChI is InChI=1S/C13H19N3O/c1-4-11(8-10(3)16-17-5-2)9-12-6-7-15-13(12)14/h4,6-7,9,15H,1,5,8,14H2,2-3H3/b11-9+,16-10-. The molecule has 0 saturated heterocycles. The minimum Gasteiger partial charge on any atom is -0.396 e. The van der Waals surface area contributed by atoms with Gasteiger partial charge in [-0.2, -0.15) is 0 Å². The van der Waals surface area contributed by atoms with E-state index in [4.69, 9.17) is 10.6 Å². The van der Waals surface area contributed by atoms with Crippen LogP contribution < -0.4 is 5.73 Å². The molecule has 0 atom stereocenters. The number of hydrogen-bond acceptors (Lipinski definition) is 3. The maximum Gasteiger partial charge on any atom is 0.114 e. The van der Waals surface area contributed by atoms with Crippen molar-refractivity contribution >= 4 is 17.6 Å². The highest BCUT2D eigenvalue weighted by molar-refractivity contribution is 5.85. The monoisotopic (exact) mass is 233 g/mol. The van der Waals surface area contributed by atoms with Crippen LogP contribution in [0, 0.1) is 0 Å². The number of oxime groups is 1. The van der Waals surface area contributed by atoms with E-state index in [1.807, 2.05) is 32.2 Å². The lowest BCUT2D eigenvalue weighted by molar-refractivity contribution is 0.158. The van der Waals surface area contributed by atoms with Crippen LogP contribution in [0.15, 0.2) is 35.6 Å². The number of aromatic amines is 1. The molecule has 4 nitrogen and oxygen atoms in total. The van der Waals surface area contributed by atoms with Gasteiger partial charge >= 0.3 is 0 Å². The van der Waals surface area contributed by atoms with E-state index < -0.39 is 0 Å². The summed E-state index contributed by atoms with van der Waals surface area (Å²) in [6.45, 7) is 8.20. The van der Waals surface area contributed by atoms with Crippen LogP contribution in [0.1, 0.15) is 25.8 Å².